The maximum atomic E-state index is 13.8. The average molecular weight is 868 g/mol. The van der Waals surface area contributed by atoms with Gasteiger partial charge < -0.3 is 38.9 Å². The minimum absolute atomic E-state index is 0.000587. The summed E-state index contributed by atoms with van der Waals surface area (Å²) in [5.74, 6) is -0.228. The van der Waals surface area contributed by atoms with E-state index in [0.29, 0.717) is 41.4 Å². The van der Waals surface area contributed by atoms with Gasteiger partial charge in [0.25, 0.3) is 5.69 Å². The lowest BCUT2D eigenvalue weighted by atomic mass is 9.55. The van der Waals surface area contributed by atoms with Gasteiger partial charge >= 0.3 is 6.09 Å². The number of alkyl halides is 1. The molecule has 4 aromatic rings. The van der Waals surface area contributed by atoms with Crippen LogP contribution in [0, 0.1) is 27.9 Å². The van der Waals surface area contributed by atoms with E-state index in [1.54, 1.807) is 25.3 Å². The minimum atomic E-state index is -1.46. The summed E-state index contributed by atoms with van der Waals surface area (Å²) in [7, 11) is 1.65. The average Bonchev–Trinajstić information content (AvgIpc) is 3.28. The second-order valence-corrected chi connectivity index (χ2v) is 16.4. The van der Waals surface area contributed by atoms with E-state index in [2.05, 4.69) is 18.7 Å². The summed E-state index contributed by atoms with van der Waals surface area (Å²) in [4.78, 5) is 32.2. The first-order chi connectivity index (χ1) is 30.2. The largest absolute Gasteiger partial charge is 0.459 e. The maximum Gasteiger partial charge on any atom is 0.410 e. The number of oxime groups is 1. The first-order valence-corrected chi connectivity index (χ1v) is 21.8. The van der Waals surface area contributed by atoms with Crippen LogP contribution in [0.4, 0.5) is 10.5 Å². The lowest BCUT2D eigenvalue weighted by molar-refractivity contribution is -0.384. The van der Waals surface area contributed by atoms with E-state index in [0.717, 1.165) is 47.6 Å². The summed E-state index contributed by atoms with van der Waals surface area (Å²) < 4.78 is 26.3. The zero-order chi connectivity index (χ0) is 43.6. The molecule has 0 saturated heterocycles. The Morgan fingerprint density at radius 2 is 1.73 bits per heavy atom. The van der Waals surface area contributed by atoms with Crippen molar-refractivity contribution >= 4 is 39.9 Å². The first-order valence-electron chi connectivity index (χ1n) is 21.3. The highest BCUT2D eigenvalue weighted by atomic mass is 35.5. The third kappa shape index (κ3) is 9.61. The molecule has 0 aromatic heterocycles. The molecule has 4 aromatic carbocycles. The highest BCUT2D eigenvalue weighted by Crippen LogP contribution is 2.62. The predicted octanol–water partition coefficient (Wildman–Crippen LogP) is 9.68. The van der Waals surface area contributed by atoms with Crippen LogP contribution in [-0.2, 0) is 20.9 Å². The number of carbonyl (C=O) groups is 1. The number of carbonyl (C=O) groups excluding carboxylic acids is 1. The Balaban J connectivity index is 1.38. The molecule has 328 valence electrons. The van der Waals surface area contributed by atoms with Crippen LogP contribution in [-0.4, -0.2) is 83.0 Å². The normalized spacial score (nSPS) is 23.1. The zero-order valence-electron chi connectivity index (χ0n) is 34.9. The Morgan fingerprint density at radius 1 is 1.00 bits per heavy atom. The van der Waals surface area contributed by atoms with Gasteiger partial charge in [-0.25, -0.2) is 4.79 Å². The van der Waals surface area contributed by atoms with Crippen LogP contribution in [0.1, 0.15) is 62.0 Å². The third-order valence-electron chi connectivity index (χ3n) is 12.2. The second kappa shape index (κ2) is 20.6. The van der Waals surface area contributed by atoms with Gasteiger partial charge in [-0.3, -0.25) is 10.1 Å². The minimum Gasteiger partial charge on any atom is -0.459 e. The fourth-order valence-corrected chi connectivity index (χ4v) is 9.49. The Kier molecular flexibility index (Phi) is 14.8. The van der Waals surface area contributed by atoms with Crippen LogP contribution >= 0.6 is 11.6 Å². The van der Waals surface area contributed by atoms with Crippen LogP contribution in [0.2, 0.25) is 0 Å². The maximum absolute atomic E-state index is 13.8. The number of hydrogen-bond donors (Lipinski definition) is 2. The summed E-state index contributed by atoms with van der Waals surface area (Å²) in [6.07, 6.45) is 7.84. The highest BCUT2D eigenvalue weighted by Gasteiger charge is 2.65. The number of ether oxygens (including phenoxy) is 4. The van der Waals surface area contributed by atoms with Crippen LogP contribution in [0.15, 0.2) is 114 Å². The highest BCUT2D eigenvalue weighted by molar-refractivity contribution is 6.18. The van der Waals surface area contributed by atoms with E-state index >= 15 is 0 Å². The molecule has 2 aliphatic carbocycles. The molecule has 62 heavy (non-hydrogen) atoms. The Bertz CT molecular complexity index is 2270. The number of amides is 1. The van der Waals surface area contributed by atoms with E-state index in [-0.39, 0.29) is 68.8 Å². The van der Waals surface area contributed by atoms with Crippen LogP contribution in [0.3, 0.4) is 0 Å². The van der Waals surface area contributed by atoms with Crippen molar-refractivity contribution in [2.75, 3.05) is 39.4 Å². The molecule has 1 fully saturated rings. The molecule has 7 rings (SSSR count). The van der Waals surface area contributed by atoms with E-state index < -0.39 is 28.8 Å². The van der Waals surface area contributed by atoms with Crippen LogP contribution in [0.5, 0.6) is 17.2 Å². The van der Waals surface area contributed by atoms with Crippen molar-refractivity contribution in [2.24, 2.45) is 22.9 Å². The van der Waals surface area contributed by atoms with Gasteiger partial charge in [0.15, 0.2) is 0 Å². The standard InChI is InChI=1S/C48H54ClN3O10/c1-3-25-59-48-44(51(2)47(55)58-26-22-49)30-42(50-60-31-32-14-17-36(18-15-32)52(56)57)40-28-35(12-6-8-23-53)39(13-7-9-24-54)45(46(40)48)41-29-38(20-21-43(41)62-48)61-37-19-16-33-10-4-5-11-34(33)27-37/h3-5,10-11,14-21,27-29,35,39,44-46,53-54H,1,6-9,12-13,22-26,30-31H2,2H3/t35-,39+,44-,45+,46+,48+/m0/s1. The van der Waals surface area contributed by atoms with Gasteiger partial charge in [-0.1, -0.05) is 60.5 Å². The summed E-state index contributed by atoms with van der Waals surface area (Å²) >= 11 is 5.96. The van der Waals surface area contributed by atoms with Crippen molar-refractivity contribution in [2.45, 2.75) is 69.3 Å². The molecule has 0 bridgehead atoms. The smallest absolute Gasteiger partial charge is 0.410 e. The van der Waals surface area contributed by atoms with Gasteiger partial charge in [-0.15, -0.1) is 18.2 Å². The number of non-ortho nitro benzene ring substituents is 1. The molecular formula is C48H54ClN3O10. The Morgan fingerprint density at radius 3 is 2.45 bits per heavy atom. The number of allylic oxidation sites excluding steroid dienone is 1. The van der Waals surface area contributed by atoms with E-state index in [9.17, 15) is 25.1 Å². The van der Waals surface area contributed by atoms with Crippen molar-refractivity contribution in [3.8, 4) is 17.2 Å². The molecule has 3 aliphatic rings. The lowest BCUT2D eigenvalue weighted by Gasteiger charge is -2.59. The third-order valence-corrected chi connectivity index (χ3v) is 12.4. The quantitative estimate of drug-likeness (QED) is 0.0288. The molecular weight excluding hydrogens is 814 g/mol. The van der Waals surface area contributed by atoms with Crippen LogP contribution in [0.25, 0.3) is 10.8 Å². The molecule has 6 atom stereocenters. The van der Waals surface area contributed by atoms with E-state index in [1.165, 1.54) is 17.0 Å². The van der Waals surface area contributed by atoms with Crippen molar-refractivity contribution in [3.63, 3.8) is 0 Å². The number of hydrogen-bond acceptors (Lipinski definition) is 11. The van der Waals surface area contributed by atoms with Gasteiger partial charge in [-0.2, -0.15) is 0 Å². The fraction of sp³-hybridized carbons (Fsp3) is 0.417. The number of halogens is 1. The molecule has 0 unspecified atom stereocenters. The lowest BCUT2D eigenvalue weighted by Crippen LogP contribution is -2.69. The number of likely N-dealkylation sites (N-methyl/N-ethyl adjacent to an activating group) is 1. The summed E-state index contributed by atoms with van der Waals surface area (Å²) in [5, 5.41) is 38.1. The number of fused-ring (bicyclic) bond motifs is 3. The SMILES string of the molecule is C=CCO[C@@]12Oc3ccc(Oc4ccc5ccccc5c4)cc3[C@H]3[C@H](CCCCO)[C@@H](CCCCO)C=C(C(=NOCc4ccc([N+](=O)[O-])cc4)C[C@@H]1N(C)C(=O)OCCCl)[C@H]32. The summed E-state index contributed by atoms with van der Waals surface area (Å²) in [5.41, 5.74) is 3.03. The number of nitro benzene ring substituents is 1. The van der Waals surface area contributed by atoms with Gasteiger partial charge in [0.2, 0.25) is 5.79 Å². The van der Waals surface area contributed by atoms with E-state index in [4.69, 9.17) is 40.5 Å². The topological polar surface area (TPSA) is 162 Å². The number of unbranched alkanes of at least 4 members (excludes halogenated alkanes) is 2. The van der Waals surface area contributed by atoms with Gasteiger partial charge in [0.05, 0.1) is 29.0 Å². The molecule has 13 nitrogen and oxygen atoms in total. The number of aliphatic hydroxyl groups excluding tert-OH is 2. The van der Waals surface area contributed by atoms with Crippen molar-refractivity contribution in [1.29, 1.82) is 0 Å². The molecule has 1 saturated carbocycles. The second-order valence-electron chi connectivity index (χ2n) is 16.0. The zero-order valence-corrected chi connectivity index (χ0v) is 35.7. The number of aliphatic hydroxyl groups is 2. The van der Waals surface area contributed by atoms with Gasteiger partial charge in [-0.05, 0) is 102 Å². The Labute approximate surface area is 366 Å². The van der Waals surface area contributed by atoms with E-state index in [1.807, 2.05) is 54.6 Å². The summed E-state index contributed by atoms with van der Waals surface area (Å²) in [6, 6.07) is 25.2. The van der Waals surface area contributed by atoms with Crippen LogP contribution < -0.4 is 9.47 Å². The molecule has 1 amide bonds. The van der Waals surface area contributed by atoms with Gasteiger partial charge in [0.1, 0.15) is 36.5 Å². The number of nitrogens with zero attached hydrogens (tertiary/aromatic N) is 3. The molecule has 14 heteroatoms. The number of nitro groups is 1. The molecule has 1 aliphatic heterocycles. The van der Waals surface area contributed by atoms with Crippen molar-refractivity contribution in [3.05, 3.63) is 130 Å². The van der Waals surface area contributed by atoms with Gasteiger partial charge in [0, 0.05) is 50.3 Å². The molecule has 1 heterocycles. The number of benzene rings is 4. The fourth-order valence-electron chi connectivity index (χ4n) is 9.41. The van der Waals surface area contributed by atoms with Crippen molar-refractivity contribution in [1.82, 2.24) is 4.90 Å². The first kappa shape index (κ1) is 44.6. The summed E-state index contributed by atoms with van der Waals surface area (Å²) in [6.45, 7) is 4.26. The number of rotatable bonds is 20. The Hall–Kier alpha value is -5.47. The molecule has 0 radical (unpaired) electrons. The molecule has 2 N–H and O–H groups in total. The molecule has 0 spiro atoms. The monoisotopic (exact) mass is 867 g/mol. The predicted molar refractivity (Wildman–Crippen MR) is 237 cm³/mol. The van der Waals surface area contributed by atoms with Crippen molar-refractivity contribution < 1.29 is 43.7 Å².